The summed E-state index contributed by atoms with van der Waals surface area (Å²) in [6, 6.07) is 13.0. The quantitative estimate of drug-likeness (QED) is 0.518. The fraction of sp³-hybridized carbons (Fsp3) is 0.346. The van der Waals surface area contributed by atoms with Gasteiger partial charge < -0.3 is 9.64 Å². The third-order valence-corrected chi connectivity index (χ3v) is 7.18. The normalized spacial score (nSPS) is 21.5. The van der Waals surface area contributed by atoms with Gasteiger partial charge in [0.25, 0.3) is 0 Å². The Bertz CT molecular complexity index is 1300. The van der Waals surface area contributed by atoms with Gasteiger partial charge in [0, 0.05) is 42.4 Å². The van der Waals surface area contributed by atoms with Gasteiger partial charge in [-0.3, -0.25) is 5.32 Å². The number of carbonyl (C=O) groups is 1. The molecule has 1 aromatic carbocycles. The summed E-state index contributed by atoms with van der Waals surface area (Å²) in [4.78, 5) is 32.4. The van der Waals surface area contributed by atoms with Gasteiger partial charge in [0.1, 0.15) is 11.1 Å². The number of rotatable bonds is 3. The first-order valence-corrected chi connectivity index (χ1v) is 12.7. The van der Waals surface area contributed by atoms with Gasteiger partial charge in [0.15, 0.2) is 5.17 Å². The van der Waals surface area contributed by atoms with Crippen molar-refractivity contribution >= 4 is 29.0 Å². The van der Waals surface area contributed by atoms with E-state index in [1.165, 1.54) is 18.0 Å². The second kappa shape index (κ2) is 9.50. The monoisotopic (exact) mass is 506 g/mol. The zero-order chi connectivity index (χ0) is 25.3. The Morgan fingerprint density at radius 3 is 2.67 bits per heavy atom. The fourth-order valence-corrected chi connectivity index (χ4v) is 5.75. The largest absolute Gasteiger partial charge is 0.444 e. The summed E-state index contributed by atoms with van der Waals surface area (Å²) in [7, 11) is 0. The van der Waals surface area contributed by atoms with Crippen LogP contribution in [0.3, 0.4) is 0 Å². The SMILES string of the molecule is CC(C)(C)OC(=O)NC1=N[C@@]2(c3cccc(-c4cccnc4F)c3)CN(c3ncccn3)C[C@H]2CS1. The molecule has 1 N–H and O–H groups in total. The average Bonchev–Trinajstić information content (AvgIpc) is 3.24. The third-order valence-electron chi connectivity index (χ3n) is 6.15. The molecule has 36 heavy (non-hydrogen) atoms. The molecule has 10 heteroatoms. The number of ether oxygens (including phenoxy) is 1. The molecule has 1 fully saturated rings. The maximum absolute atomic E-state index is 14.5. The topological polar surface area (TPSA) is 92.6 Å². The van der Waals surface area contributed by atoms with Gasteiger partial charge in [-0.15, -0.1) is 0 Å². The van der Waals surface area contributed by atoms with E-state index in [1.807, 2.05) is 45.0 Å². The number of nitrogens with zero attached hydrogens (tertiary/aromatic N) is 5. The number of benzene rings is 1. The fourth-order valence-electron chi connectivity index (χ4n) is 4.62. The molecule has 2 atom stereocenters. The van der Waals surface area contributed by atoms with Crippen LogP contribution in [0.5, 0.6) is 0 Å². The highest BCUT2D eigenvalue weighted by atomic mass is 32.2. The number of alkyl carbamates (subject to hydrolysis) is 1. The van der Waals surface area contributed by atoms with Gasteiger partial charge in [0.2, 0.25) is 11.9 Å². The number of hydrogen-bond acceptors (Lipinski definition) is 8. The summed E-state index contributed by atoms with van der Waals surface area (Å²) < 4.78 is 20.0. The van der Waals surface area contributed by atoms with E-state index in [0.717, 1.165) is 16.9 Å². The number of hydrogen-bond donors (Lipinski definition) is 1. The number of amidine groups is 1. The van der Waals surface area contributed by atoms with E-state index >= 15 is 0 Å². The van der Waals surface area contributed by atoms with E-state index in [2.05, 4.69) is 25.2 Å². The predicted molar refractivity (Wildman–Crippen MR) is 138 cm³/mol. The van der Waals surface area contributed by atoms with E-state index in [0.29, 0.717) is 29.8 Å². The molecule has 3 aromatic rings. The molecule has 1 saturated heterocycles. The van der Waals surface area contributed by atoms with Crippen molar-refractivity contribution in [1.29, 1.82) is 0 Å². The van der Waals surface area contributed by atoms with E-state index < -0.39 is 23.2 Å². The number of thioether (sulfide) groups is 1. The number of halogens is 1. The number of anilines is 1. The molecule has 0 saturated carbocycles. The molecular weight excluding hydrogens is 479 g/mol. The molecule has 0 bridgehead atoms. The van der Waals surface area contributed by atoms with E-state index in [-0.39, 0.29) is 5.92 Å². The van der Waals surface area contributed by atoms with Crippen molar-refractivity contribution in [1.82, 2.24) is 20.3 Å². The third kappa shape index (κ3) is 4.90. The van der Waals surface area contributed by atoms with Crippen LogP contribution in [0.25, 0.3) is 11.1 Å². The molecule has 2 aliphatic heterocycles. The summed E-state index contributed by atoms with van der Waals surface area (Å²) in [6.07, 6.45) is 4.32. The first kappa shape index (κ1) is 24.2. The molecule has 0 radical (unpaired) electrons. The minimum absolute atomic E-state index is 0.115. The molecule has 0 spiro atoms. The molecule has 1 amide bonds. The number of amides is 1. The van der Waals surface area contributed by atoms with E-state index in [4.69, 9.17) is 9.73 Å². The number of fused-ring (bicyclic) bond motifs is 1. The molecule has 186 valence electrons. The summed E-state index contributed by atoms with van der Waals surface area (Å²) >= 11 is 1.49. The lowest BCUT2D eigenvalue weighted by Gasteiger charge is -2.35. The van der Waals surface area contributed by atoms with Crippen LogP contribution in [-0.2, 0) is 10.3 Å². The lowest BCUT2D eigenvalue weighted by Crippen LogP contribution is -2.43. The molecule has 8 nitrogen and oxygen atoms in total. The van der Waals surface area contributed by atoms with Crippen LogP contribution in [-0.4, -0.2) is 50.7 Å². The number of aromatic nitrogens is 3. The highest BCUT2D eigenvalue weighted by molar-refractivity contribution is 8.13. The van der Waals surface area contributed by atoms with Gasteiger partial charge >= 0.3 is 6.09 Å². The maximum Gasteiger partial charge on any atom is 0.413 e. The summed E-state index contributed by atoms with van der Waals surface area (Å²) in [5, 5.41) is 3.32. The Balaban J connectivity index is 1.55. The Morgan fingerprint density at radius 1 is 1.14 bits per heavy atom. The molecule has 0 unspecified atom stereocenters. The van der Waals surface area contributed by atoms with Gasteiger partial charge in [-0.05, 0) is 56.2 Å². The minimum atomic E-state index is -0.691. The van der Waals surface area contributed by atoms with Crippen LogP contribution < -0.4 is 10.2 Å². The van der Waals surface area contributed by atoms with Crippen molar-refractivity contribution in [3.8, 4) is 11.1 Å². The Hall–Kier alpha value is -3.53. The maximum atomic E-state index is 14.5. The van der Waals surface area contributed by atoms with Crippen LogP contribution >= 0.6 is 11.8 Å². The van der Waals surface area contributed by atoms with Crippen LogP contribution in [0, 0.1) is 11.9 Å². The van der Waals surface area contributed by atoms with Crippen LogP contribution in [0.2, 0.25) is 0 Å². The lowest BCUT2D eigenvalue weighted by atomic mass is 9.81. The van der Waals surface area contributed by atoms with E-state index in [9.17, 15) is 9.18 Å². The van der Waals surface area contributed by atoms with Gasteiger partial charge in [-0.25, -0.2) is 24.7 Å². The Labute approximate surface area is 213 Å². The van der Waals surface area contributed by atoms with Crippen molar-refractivity contribution < 1.29 is 13.9 Å². The minimum Gasteiger partial charge on any atom is -0.444 e. The smallest absolute Gasteiger partial charge is 0.413 e. The first-order chi connectivity index (χ1) is 17.2. The average molecular weight is 507 g/mol. The molecule has 2 aliphatic rings. The Kier molecular flexibility index (Phi) is 6.38. The summed E-state index contributed by atoms with van der Waals surface area (Å²) in [5.74, 6) is 0.945. The van der Waals surface area contributed by atoms with Crippen molar-refractivity contribution in [3.05, 3.63) is 72.6 Å². The number of pyridine rings is 1. The van der Waals surface area contributed by atoms with Crippen LogP contribution in [0.4, 0.5) is 15.1 Å². The predicted octanol–water partition coefficient (Wildman–Crippen LogP) is 4.64. The number of carbonyl (C=O) groups excluding carboxylic acids is 1. The summed E-state index contributed by atoms with van der Waals surface area (Å²) in [6.45, 7) is 6.67. The van der Waals surface area contributed by atoms with Crippen molar-refractivity contribution in [3.63, 3.8) is 0 Å². The molecule has 0 aliphatic carbocycles. The molecule has 4 heterocycles. The first-order valence-electron chi connectivity index (χ1n) is 11.7. The highest BCUT2D eigenvalue weighted by Gasteiger charge is 2.51. The second-order valence-corrected chi connectivity index (χ2v) is 10.8. The van der Waals surface area contributed by atoms with Gasteiger partial charge in [-0.1, -0.05) is 30.0 Å². The Morgan fingerprint density at radius 2 is 1.92 bits per heavy atom. The van der Waals surface area contributed by atoms with E-state index in [1.54, 1.807) is 30.6 Å². The lowest BCUT2D eigenvalue weighted by molar-refractivity contribution is 0.0564. The highest BCUT2D eigenvalue weighted by Crippen LogP contribution is 2.47. The number of nitrogens with one attached hydrogen (secondary N) is 1. The zero-order valence-electron chi connectivity index (χ0n) is 20.3. The van der Waals surface area contributed by atoms with Crippen molar-refractivity contribution in [2.45, 2.75) is 31.9 Å². The van der Waals surface area contributed by atoms with Crippen LogP contribution in [0.1, 0.15) is 26.3 Å². The number of aliphatic imine (C=N–C) groups is 1. The standard InChI is InChI=1S/C26H27FN6O2S/c1-25(2,3)35-24(34)31-23-32-26(16-33(14-19(26)15-36-23)22-29-11-6-12-30-22)18-8-4-7-17(13-18)20-9-5-10-28-21(20)27/h4-13,19H,14-16H2,1-3H3,(H,31,32,34)/t19-,26+/m0/s1. The molecular formula is C26H27FN6O2S. The van der Waals surface area contributed by atoms with Crippen LogP contribution in [0.15, 0.2) is 66.0 Å². The van der Waals surface area contributed by atoms with Crippen molar-refractivity contribution in [2.24, 2.45) is 10.9 Å². The molecule has 2 aromatic heterocycles. The molecule has 5 rings (SSSR count). The zero-order valence-corrected chi connectivity index (χ0v) is 21.1. The van der Waals surface area contributed by atoms with Gasteiger partial charge in [-0.2, -0.15) is 4.39 Å². The van der Waals surface area contributed by atoms with Crippen molar-refractivity contribution in [2.75, 3.05) is 23.7 Å². The van der Waals surface area contributed by atoms with Gasteiger partial charge in [0.05, 0.1) is 6.54 Å². The summed E-state index contributed by atoms with van der Waals surface area (Å²) in [5.41, 5.74) is 0.756. The second-order valence-electron chi connectivity index (χ2n) is 9.83.